The van der Waals surface area contributed by atoms with Crippen molar-refractivity contribution in [1.82, 2.24) is 0 Å². The van der Waals surface area contributed by atoms with Gasteiger partial charge < -0.3 is 14.8 Å². The van der Waals surface area contributed by atoms with Crippen molar-refractivity contribution in [3.63, 3.8) is 0 Å². The number of methoxy groups -OCH3 is 2. The zero-order valence-corrected chi connectivity index (χ0v) is 16.1. The van der Waals surface area contributed by atoms with Gasteiger partial charge in [0, 0.05) is 17.8 Å². The normalized spacial score (nSPS) is 10.6. The molecule has 2 rings (SSSR count). The summed E-state index contributed by atoms with van der Waals surface area (Å²) in [5.41, 5.74) is 0.688. The summed E-state index contributed by atoms with van der Waals surface area (Å²) in [6, 6.07) is 7.50. The first-order chi connectivity index (χ1) is 12.3. The van der Waals surface area contributed by atoms with Gasteiger partial charge in [-0.15, -0.1) is 0 Å². The molecule has 0 spiro atoms. The predicted octanol–water partition coefficient (Wildman–Crippen LogP) is 4.68. The molecule has 7 nitrogen and oxygen atoms in total. The SMILES string of the molecule is COc1cc(/C=C/C(=O)Nc2ccc(Cl)c([N+](=O)[O-])c2)cc(Br)c1OC. The minimum atomic E-state index is -0.616. The molecule has 0 unspecified atom stereocenters. The van der Waals surface area contributed by atoms with E-state index in [2.05, 4.69) is 21.2 Å². The lowest BCUT2D eigenvalue weighted by molar-refractivity contribution is -0.384. The van der Waals surface area contributed by atoms with Crippen molar-refractivity contribution in [3.8, 4) is 11.5 Å². The van der Waals surface area contributed by atoms with Crippen molar-refractivity contribution in [2.75, 3.05) is 19.5 Å². The molecule has 2 aromatic carbocycles. The summed E-state index contributed by atoms with van der Waals surface area (Å²) in [6.07, 6.45) is 2.88. The number of hydrogen-bond acceptors (Lipinski definition) is 5. The Bertz CT molecular complexity index is 886. The van der Waals surface area contributed by atoms with Gasteiger partial charge in [0.2, 0.25) is 5.91 Å². The van der Waals surface area contributed by atoms with E-state index in [1.807, 2.05) is 0 Å². The number of amides is 1. The molecule has 0 aromatic heterocycles. The number of halogens is 2. The number of nitrogens with one attached hydrogen (secondary N) is 1. The third-order valence-corrected chi connectivity index (χ3v) is 4.20. The lowest BCUT2D eigenvalue weighted by Crippen LogP contribution is -2.08. The maximum atomic E-state index is 12.0. The van der Waals surface area contributed by atoms with Crippen LogP contribution < -0.4 is 14.8 Å². The van der Waals surface area contributed by atoms with Gasteiger partial charge in [-0.1, -0.05) is 11.6 Å². The third kappa shape index (κ3) is 4.74. The molecule has 0 saturated heterocycles. The molecule has 0 aliphatic rings. The highest BCUT2D eigenvalue weighted by Gasteiger charge is 2.13. The van der Waals surface area contributed by atoms with Gasteiger partial charge in [0.1, 0.15) is 5.02 Å². The first-order valence-electron chi connectivity index (χ1n) is 7.20. The second kappa shape index (κ2) is 8.68. The van der Waals surface area contributed by atoms with Crippen LogP contribution in [0.15, 0.2) is 40.9 Å². The topological polar surface area (TPSA) is 90.7 Å². The molecule has 0 aliphatic heterocycles. The maximum absolute atomic E-state index is 12.0. The average molecular weight is 442 g/mol. The van der Waals surface area contributed by atoms with Crippen LogP contribution in [0.25, 0.3) is 6.08 Å². The first kappa shape index (κ1) is 19.7. The Morgan fingerprint density at radius 1 is 1.27 bits per heavy atom. The number of rotatable bonds is 6. The number of benzene rings is 2. The lowest BCUT2D eigenvalue weighted by Gasteiger charge is -2.10. The fourth-order valence-electron chi connectivity index (χ4n) is 2.12. The number of anilines is 1. The smallest absolute Gasteiger partial charge is 0.289 e. The minimum Gasteiger partial charge on any atom is -0.493 e. The molecule has 0 atom stereocenters. The highest BCUT2D eigenvalue weighted by molar-refractivity contribution is 9.10. The number of carbonyl (C=O) groups excluding carboxylic acids is 1. The van der Waals surface area contributed by atoms with Gasteiger partial charge in [0.15, 0.2) is 11.5 Å². The van der Waals surface area contributed by atoms with Crippen LogP contribution in [-0.2, 0) is 4.79 Å². The zero-order valence-electron chi connectivity index (χ0n) is 13.8. The second-order valence-corrected chi connectivity index (χ2v) is 6.25. The lowest BCUT2D eigenvalue weighted by atomic mass is 10.2. The molecule has 0 saturated carbocycles. The molecule has 2 aromatic rings. The molecule has 0 bridgehead atoms. The van der Waals surface area contributed by atoms with Crippen LogP contribution in [0.1, 0.15) is 5.56 Å². The summed E-state index contributed by atoms with van der Waals surface area (Å²) in [4.78, 5) is 22.3. The monoisotopic (exact) mass is 440 g/mol. The van der Waals surface area contributed by atoms with Crippen LogP contribution >= 0.6 is 27.5 Å². The summed E-state index contributed by atoms with van der Waals surface area (Å²) >= 11 is 9.11. The highest BCUT2D eigenvalue weighted by Crippen LogP contribution is 2.36. The van der Waals surface area contributed by atoms with Gasteiger partial charge in [-0.05, 0) is 51.8 Å². The Kier molecular flexibility index (Phi) is 6.59. The molecule has 136 valence electrons. The van der Waals surface area contributed by atoms with Crippen LogP contribution in [0.3, 0.4) is 0 Å². The van der Waals surface area contributed by atoms with E-state index in [4.69, 9.17) is 21.1 Å². The number of carbonyl (C=O) groups is 1. The van der Waals surface area contributed by atoms with E-state index in [1.165, 1.54) is 38.5 Å². The standard InChI is InChI=1S/C17H14BrClN2O5/c1-25-15-8-10(7-12(18)17(15)26-2)3-6-16(22)20-11-4-5-13(19)14(9-11)21(23)24/h3-9H,1-2H3,(H,20,22)/b6-3+. The molecule has 0 fully saturated rings. The minimum absolute atomic E-state index is 0.00119. The molecule has 1 amide bonds. The van der Waals surface area contributed by atoms with E-state index in [-0.39, 0.29) is 16.4 Å². The Balaban J connectivity index is 2.16. The highest BCUT2D eigenvalue weighted by atomic mass is 79.9. The van der Waals surface area contributed by atoms with Crippen LogP contribution in [0.5, 0.6) is 11.5 Å². The summed E-state index contributed by atoms with van der Waals surface area (Å²) in [6.45, 7) is 0. The largest absolute Gasteiger partial charge is 0.493 e. The van der Waals surface area contributed by atoms with Crippen LogP contribution in [0.4, 0.5) is 11.4 Å². The van der Waals surface area contributed by atoms with E-state index in [9.17, 15) is 14.9 Å². The van der Waals surface area contributed by atoms with Crippen molar-refractivity contribution >= 4 is 50.9 Å². The summed E-state index contributed by atoms with van der Waals surface area (Å²) in [5.74, 6) is 0.602. The van der Waals surface area contributed by atoms with Crippen molar-refractivity contribution in [3.05, 3.63) is 61.6 Å². The van der Waals surface area contributed by atoms with Crippen molar-refractivity contribution in [1.29, 1.82) is 0 Å². The number of nitrogens with zero attached hydrogens (tertiary/aromatic N) is 1. The Morgan fingerprint density at radius 3 is 2.62 bits per heavy atom. The van der Waals surface area contributed by atoms with Gasteiger partial charge in [0.25, 0.3) is 5.69 Å². The summed E-state index contributed by atoms with van der Waals surface area (Å²) in [7, 11) is 3.04. The van der Waals surface area contributed by atoms with E-state index in [0.29, 0.717) is 21.5 Å². The van der Waals surface area contributed by atoms with E-state index >= 15 is 0 Å². The van der Waals surface area contributed by atoms with E-state index < -0.39 is 10.8 Å². The van der Waals surface area contributed by atoms with Crippen molar-refractivity contribution < 1.29 is 19.2 Å². The van der Waals surface area contributed by atoms with Gasteiger partial charge >= 0.3 is 0 Å². The van der Waals surface area contributed by atoms with Crippen LogP contribution in [-0.4, -0.2) is 25.1 Å². The first-order valence-corrected chi connectivity index (χ1v) is 8.37. The van der Waals surface area contributed by atoms with Crippen molar-refractivity contribution in [2.45, 2.75) is 0 Å². The van der Waals surface area contributed by atoms with Gasteiger partial charge in [-0.25, -0.2) is 0 Å². The molecule has 26 heavy (non-hydrogen) atoms. The van der Waals surface area contributed by atoms with Gasteiger partial charge in [-0.3, -0.25) is 14.9 Å². The quantitative estimate of drug-likeness (QED) is 0.399. The fraction of sp³-hybridized carbons (Fsp3) is 0.118. The Labute approximate surface area is 162 Å². The van der Waals surface area contributed by atoms with Crippen LogP contribution in [0.2, 0.25) is 5.02 Å². The number of hydrogen-bond donors (Lipinski definition) is 1. The average Bonchev–Trinajstić information content (AvgIpc) is 2.60. The molecule has 0 heterocycles. The molecule has 0 radical (unpaired) electrons. The van der Waals surface area contributed by atoms with Crippen molar-refractivity contribution in [2.24, 2.45) is 0 Å². The van der Waals surface area contributed by atoms with Gasteiger partial charge in [-0.2, -0.15) is 0 Å². The maximum Gasteiger partial charge on any atom is 0.289 e. The third-order valence-electron chi connectivity index (χ3n) is 3.29. The fourth-order valence-corrected chi connectivity index (χ4v) is 2.93. The van der Waals surface area contributed by atoms with E-state index in [1.54, 1.807) is 18.2 Å². The van der Waals surface area contributed by atoms with Crippen LogP contribution in [0, 0.1) is 10.1 Å². The number of nitro groups is 1. The van der Waals surface area contributed by atoms with E-state index in [0.717, 1.165) is 0 Å². The summed E-state index contributed by atoms with van der Waals surface area (Å²) < 4.78 is 11.1. The molecular weight excluding hydrogens is 428 g/mol. The summed E-state index contributed by atoms with van der Waals surface area (Å²) in [5, 5.41) is 13.4. The van der Waals surface area contributed by atoms with Gasteiger partial charge in [0.05, 0.1) is 23.6 Å². The second-order valence-electron chi connectivity index (χ2n) is 4.98. The Morgan fingerprint density at radius 2 is 2.00 bits per heavy atom. The number of nitro benzene ring substituents is 1. The molecule has 9 heteroatoms. The number of ether oxygens (including phenoxy) is 2. The molecule has 1 N–H and O–H groups in total. The predicted molar refractivity (Wildman–Crippen MR) is 103 cm³/mol. The Hall–Kier alpha value is -2.58. The molecular formula is C17H14BrClN2O5. The molecule has 0 aliphatic carbocycles. The zero-order chi connectivity index (χ0) is 19.3.